The van der Waals surface area contributed by atoms with Gasteiger partial charge in [0, 0.05) is 26.2 Å². The highest BCUT2D eigenvalue weighted by molar-refractivity contribution is 4.71. The van der Waals surface area contributed by atoms with Crippen molar-refractivity contribution in [1.82, 2.24) is 15.1 Å². The number of likely N-dealkylation sites (N-methyl/N-ethyl adjacent to an activating group) is 1. The van der Waals surface area contributed by atoms with E-state index >= 15 is 0 Å². The summed E-state index contributed by atoms with van der Waals surface area (Å²) in [4.78, 5) is 4.65. The number of aliphatic hydroxyl groups excluding tert-OH is 1. The number of hydrogen-bond acceptors (Lipinski definition) is 4. The van der Waals surface area contributed by atoms with Crippen molar-refractivity contribution < 1.29 is 5.11 Å². The summed E-state index contributed by atoms with van der Waals surface area (Å²) < 4.78 is 0. The van der Waals surface area contributed by atoms with Gasteiger partial charge in [0.1, 0.15) is 0 Å². The van der Waals surface area contributed by atoms with E-state index in [4.69, 9.17) is 0 Å². The first-order valence-electron chi connectivity index (χ1n) is 6.59. The molecule has 1 heterocycles. The molecule has 1 rings (SSSR count). The van der Waals surface area contributed by atoms with Crippen LogP contribution in [0.2, 0.25) is 0 Å². The van der Waals surface area contributed by atoms with Crippen LogP contribution in [0.4, 0.5) is 0 Å². The minimum Gasteiger partial charge on any atom is -0.390 e. The Balaban J connectivity index is 2.23. The van der Waals surface area contributed by atoms with Gasteiger partial charge in [0.05, 0.1) is 6.10 Å². The summed E-state index contributed by atoms with van der Waals surface area (Å²) in [5.41, 5.74) is 0. The average molecular weight is 229 g/mol. The number of hydrogen-bond donors (Lipinski definition) is 2. The molecule has 0 saturated carbocycles. The lowest BCUT2D eigenvalue weighted by molar-refractivity contribution is 0.0793. The Labute approximate surface area is 99.6 Å². The van der Waals surface area contributed by atoms with Gasteiger partial charge in [-0.3, -0.25) is 4.90 Å². The van der Waals surface area contributed by atoms with E-state index < -0.39 is 0 Å². The predicted octanol–water partition coefficient (Wildman–Crippen LogP) is -0.0156. The molecule has 16 heavy (non-hydrogen) atoms. The van der Waals surface area contributed by atoms with Crippen LogP contribution in [-0.2, 0) is 0 Å². The molecule has 0 spiro atoms. The number of nitrogens with zero attached hydrogens (tertiary/aromatic N) is 2. The van der Waals surface area contributed by atoms with Gasteiger partial charge >= 0.3 is 0 Å². The Bertz CT molecular complexity index is 166. The molecule has 0 radical (unpaired) electrons. The van der Waals surface area contributed by atoms with E-state index in [1.54, 1.807) is 0 Å². The molecule has 0 aliphatic carbocycles. The van der Waals surface area contributed by atoms with Crippen LogP contribution in [0.5, 0.6) is 0 Å². The molecule has 1 atom stereocenters. The number of nitrogens with one attached hydrogen (secondary N) is 1. The van der Waals surface area contributed by atoms with Crippen LogP contribution in [0.1, 0.15) is 20.3 Å². The van der Waals surface area contributed by atoms with E-state index in [-0.39, 0.29) is 6.10 Å². The second-order valence-electron chi connectivity index (χ2n) is 4.54. The van der Waals surface area contributed by atoms with Crippen LogP contribution in [0.25, 0.3) is 0 Å². The summed E-state index contributed by atoms with van der Waals surface area (Å²) in [6.07, 6.45) is 0.982. The lowest BCUT2D eigenvalue weighted by Crippen LogP contribution is -2.41. The van der Waals surface area contributed by atoms with E-state index in [0.717, 1.165) is 52.4 Å². The van der Waals surface area contributed by atoms with Gasteiger partial charge in [-0.15, -0.1) is 0 Å². The molecule has 4 heteroatoms. The maximum absolute atomic E-state index is 10.0. The van der Waals surface area contributed by atoms with Crippen LogP contribution in [0.3, 0.4) is 0 Å². The van der Waals surface area contributed by atoms with E-state index in [1.807, 2.05) is 0 Å². The Morgan fingerprint density at radius 1 is 1.25 bits per heavy atom. The van der Waals surface area contributed by atoms with Gasteiger partial charge in [0.15, 0.2) is 0 Å². The number of rotatable bonds is 6. The molecular formula is C12H27N3O. The van der Waals surface area contributed by atoms with Crippen LogP contribution in [-0.4, -0.2) is 73.4 Å². The number of aliphatic hydroxyl groups is 1. The highest BCUT2D eigenvalue weighted by atomic mass is 16.3. The minimum atomic E-state index is -0.210. The standard InChI is InChI=1S/C12H27N3O/c1-3-14(4-2)10-12(16)11-15-8-5-6-13-7-9-15/h12-13,16H,3-11H2,1-2H3/t12-/m0/s1. The molecule has 1 aliphatic heterocycles. The quantitative estimate of drug-likeness (QED) is 0.672. The lowest BCUT2D eigenvalue weighted by atomic mass is 10.2. The second kappa shape index (κ2) is 8.01. The SMILES string of the molecule is CCN(CC)C[C@H](O)CN1CCCNCC1. The van der Waals surface area contributed by atoms with Gasteiger partial charge in [0.2, 0.25) is 0 Å². The Morgan fingerprint density at radius 3 is 2.69 bits per heavy atom. The second-order valence-corrected chi connectivity index (χ2v) is 4.54. The van der Waals surface area contributed by atoms with Crippen LogP contribution < -0.4 is 5.32 Å². The van der Waals surface area contributed by atoms with Gasteiger partial charge in [-0.25, -0.2) is 0 Å². The highest BCUT2D eigenvalue weighted by Crippen LogP contribution is 1.99. The predicted molar refractivity (Wildman–Crippen MR) is 67.7 cm³/mol. The summed E-state index contributed by atoms with van der Waals surface area (Å²) in [7, 11) is 0. The van der Waals surface area contributed by atoms with Crippen molar-refractivity contribution in [3.05, 3.63) is 0 Å². The Kier molecular flexibility index (Phi) is 6.96. The zero-order chi connectivity index (χ0) is 11.8. The Hall–Kier alpha value is -0.160. The zero-order valence-electron chi connectivity index (χ0n) is 10.8. The van der Waals surface area contributed by atoms with Crippen molar-refractivity contribution in [2.45, 2.75) is 26.4 Å². The lowest BCUT2D eigenvalue weighted by Gasteiger charge is -2.26. The molecule has 0 amide bonds. The third-order valence-electron chi connectivity index (χ3n) is 3.27. The molecular weight excluding hydrogens is 202 g/mol. The third-order valence-corrected chi connectivity index (χ3v) is 3.27. The van der Waals surface area contributed by atoms with Gasteiger partial charge in [-0.2, -0.15) is 0 Å². The van der Waals surface area contributed by atoms with Crippen molar-refractivity contribution >= 4 is 0 Å². The molecule has 0 aromatic carbocycles. The molecule has 1 aliphatic rings. The van der Waals surface area contributed by atoms with Gasteiger partial charge < -0.3 is 15.3 Å². The zero-order valence-corrected chi connectivity index (χ0v) is 10.8. The molecule has 0 unspecified atom stereocenters. The molecule has 0 aromatic heterocycles. The summed E-state index contributed by atoms with van der Waals surface area (Å²) >= 11 is 0. The molecule has 96 valence electrons. The minimum absolute atomic E-state index is 0.210. The van der Waals surface area contributed by atoms with Gasteiger partial charge in [-0.05, 0) is 32.6 Å². The van der Waals surface area contributed by atoms with Crippen molar-refractivity contribution in [2.75, 3.05) is 52.4 Å². The van der Waals surface area contributed by atoms with Crippen molar-refractivity contribution in [1.29, 1.82) is 0 Å². The maximum Gasteiger partial charge on any atom is 0.0793 e. The third kappa shape index (κ3) is 5.25. The summed E-state index contributed by atoms with van der Waals surface area (Å²) in [5.74, 6) is 0. The van der Waals surface area contributed by atoms with E-state index in [2.05, 4.69) is 29.0 Å². The average Bonchev–Trinajstić information content (AvgIpc) is 2.54. The normalized spacial score (nSPS) is 21.0. The van der Waals surface area contributed by atoms with Crippen molar-refractivity contribution in [3.63, 3.8) is 0 Å². The fourth-order valence-corrected chi connectivity index (χ4v) is 2.22. The van der Waals surface area contributed by atoms with Crippen molar-refractivity contribution in [2.24, 2.45) is 0 Å². The van der Waals surface area contributed by atoms with E-state index in [0.29, 0.717) is 0 Å². The maximum atomic E-state index is 10.0. The number of β-amino-alcohol motifs (C(OH)–C–C–N with tert-alkyl or cyclic N) is 1. The molecule has 4 nitrogen and oxygen atoms in total. The first-order valence-corrected chi connectivity index (χ1v) is 6.59. The summed E-state index contributed by atoms with van der Waals surface area (Å²) in [6, 6.07) is 0. The van der Waals surface area contributed by atoms with Gasteiger partial charge in [0.25, 0.3) is 0 Å². The smallest absolute Gasteiger partial charge is 0.0793 e. The first-order chi connectivity index (χ1) is 7.76. The fraction of sp³-hybridized carbons (Fsp3) is 1.00. The topological polar surface area (TPSA) is 38.7 Å². The van der Waals surface area contributed by atoms with E-state index in [1.165, 1.54) is 6.42 Å². The highest BCUT2D eigenvalue weighted by Gasteiger charge is 2.15. The van der Waals surface area contributed by atoms with Crippen molar-refractivity contribution in [3.8, 4) is 0 Å². The summed E-state index contributed by atoms with van der Waals surface area (Å²) in [5, 5.41) is 13.4. The monoisotopic (exact) mass is 229 g/mol. The Morgan fingerprint density at radius 2 is 2.00 bits per heavy atom. The molecule has 1 fully saturated rings. The first kappa shape index (κ1) is 13.9. The van der Waals surface area contributed by atoms with Crippen LogP contribution in [0.15, 0.2) is 0 Å². The molecule has 0 aromatic rings. The van der Waals surface area contributed by atoms with E-state index in [9.17, 15) is 5.11 Å². The fourth-order valence-electron chi connectivity index (χ4n) is 2.22. The largest absolute Gasteiger partial charge is 0.390 e. The van der Waals surface area contributed by atoms with Crippen LogP contribution in [0, 0.1) is 0 Å². The van der Waals surface area contributed by atoms with Gasteiger partial charge in [-0.1, -0.05) is 13.8 Å². The molecule has 0 bridgehead atoms. The summed E-state index contributed by atoms with van der Waals surface area (Å²) in [6.45, 7) is 12.3. The molecule has 1 saturated heterocycles. The van der Waals surface area contributed by atoms with Crippen LogP contribution >= 0.6 is 0 Å². The molecule has 2 N–H and O–H groups in total.